The zero-order valence-electron chi connectivity index (χ0n) is 20.5. The molecule has 38 heavy (non-hydrogen) atoms. The van der Waals surface area contributed by atoms with E-state index in [4.69, 9.17) is 15.0 Å². The number of rotatable bonds is 4. The van der Waals surface area contributed by atoms with Gasteiger partial charge in [-0.2, -0.15) is 0 Å². The third-order valence-electron chi connectivity index (χ3n) is 6.72. The van der Waals surface area contributed by atoms with Gasteiger partial charge in [0.05, 0.1) is 39.5 Å². The highest BCUT2D eigenvalue weighted by atomic mass is 14.8. The zero-order valence-corrected chi connectivity index (χ0v) is 20.5. The van der Waals surface area contributed by atoms with Crippen molar-refractivity contribution >= 4 is 21.8 Å². The summed E-state index contributed by atoms with van der Waals surface area (Å²) in [4.78, 5) is 19.5. The van der Waals surface area contributed by atoms with Crippen molar-refractivity contribution in [3.8, 4) is 45.2 Å². The average molecular weight is 487 g/mol. The number of nitrogens with zero attached hydrogens (tertiary/aromatic N) is 4. The summed E-state index contributed by atoms with van der Waals surface area (Å²) in [6.45, 7) is 0. The van der Waals surface area contributed by atoms with Gasteiger partial charge in [0.25, 0.3) is 0 Å². The Morgan fingerprint density at radius 3 is 1.55 bits per heavy atom. The lowest BCUT2D eigenvalue weighted by molar-refractivity contribution is 1.25. The third-order valence-corrected chi connectivity index (χ3v) is 6.72. The van der Waals surface area contributed by atoms with Crippen LogP contribution >= 0.6 is 0 Å². The van der Waals surface area contributed by atoms with Crippen molar-refractivity contribution in [2.45, 2.75) is 0 Å². The average Bonchev–Trinajstić information content (AvgIpc) is 3.01. The molecule has 0 saturated carbocycles. The van der Waals surface area contributed by atoms with Gasteiger partial charge in [0.2, 0.25) is 0 Å². The highest BCUT2D eigenvalue weighted by molar-refractivity contribution is 6.04. The van der Waals surface area contributed by atoms with Crippen molar-refractivity contribution in [3.05, 3.63) is 134 Å². The molecule has 0 N–H and O–H groups in total. The van der Waals surface area contributed by atoms with Gasteiger partial charge in [-0.1, -0.05) is 84.9 Å². The topological polar surface area (TPSA) is 51.6 Å². The van der Waals surface area contributed by atoms with E-state index in [1.165, 1.54) is 0 Å². The molecule has 0 aliphatic rings. The van der Waals surface area contributed by atoms with E-state index in [0.717, 1.165) is 67.0 Å². The minimum absolute atomic E-state index is 0.851. The van der Waals surface area contributed by atoms with Gasteiger partial charge in [-0.05, 0) is 42.5 Å². The predicted octanol–water partition coefficient (Wildman–Crippen LogP) is 8.24. The molecule has 0 amide bonds. The molecule has 0 aliphatic heterocycles. The van der Waals surface area contributed by atoms with E-state index < -0.39 is 0 Å². The molecule has 0 bridgehead atoms. The van der Waals surface area contributed by atoms with E-state index in [-0.39, 0.29) is 0 Å². The molecule has 3 aromatic carbocycles. The van der Waals surface area contributed by atoms with Gasteiger partial charge in [-0.15, -0.1) is 0 Å². The van der Waals surface area contributed by atoms with Crippen LogP contribution in [-0.2, 0) is 0 Å². The molecule has 0 fully saturated rings. The molecule has 0 unspecified atom stereocenters. The number of hydrogen-bond donors (Lipinski definition) is 0. The molecule has 0 atom stereocenters. The molecular formula is C34H22N4. The molecule has 4 nitrogen and oxygen atoms in total. The van der Waals surface area contributed by atoms with Crippen LogP contribution < -0.4 is 0 Å². The van der Waals surface area contributed by atoms with Crippen LogP contribution in [0, 0.1) is 0 Å². The number of benzene rings is 3. The molecule has 178 valence electrons. The maximum absolute atomic E-state index is 5.12. The normalized spacial score (nSPS) is 11.2. The molecule has 4 heterocycles. The van der Waals surface area contributed by atoms with Gasteiger partial charge in [0.1, 0.15) is 0 Å². The first-order valence-electron chi connectivity index (χ1n) is 12.6. The fraction of sp³-hybridized carbons (Fsp3) is 0. The Kier molecular flexibility index (Phi) is 5.41. The largest absolute Gasteiger partial charge is 0.255 e. The SMILES string of the molecule is c1ccc(-c2ccc3ccc4ccc(-c5cccc(-c6cccc(-c7ccccn7)n6)c5)nc4c3n2)cc1. The van der Waals surface area contributed by atoms with Gasteiger partial charge in [0.15, 0.2) is 0 Å². The first-order chi connectivity index (χ1) is 18.8. The van der Waals surface area contributed by atoms with E-state index in [2.05, 4.69) is 77.8 Å². The van der Waals surface area contributed by atoms with Crippen LogP contribution in [0.25, 0.3) is 67.0 Å². The van der Waals surface area contributed by atoms with Crippen LogP contribution in [-0.4, -0.2) is 19.9 Å². The van der Waals surface area contributed by atoms with E-state index >= 15 is 0 Å². The van der Waals surface area contributed by atoms with Crippen LogP contribution in [0.1, 0.15) is 0 Å². The monoisotopic (exact) mass is 486 g/mol. The lowest BCUT2D eigenvalue weighted by Crippen LogP contribution is -1.92. The first kappa shape index (κ1) is 22.0. The molecule has 7 rings (SSSR count). The molecule has 4 heteroatoms. The van der Waals surface area contributed by atoms with E-state index in [1.54, 1.807) is 6.20 Å². The highest BCUT2D eigenvalue weighted by Gasteiger charge is 2.10. The van der Waals surface area contributed by atoms with Gasteiger partial charge >= 0.3 is 0 Å². The van der Waals surface area contributed by atoms with Crippen LogP contribution in [0.3, 0.4) is 0 Å². The van der Waals surface area contributed by atoms with Gasteiger partial charge in [0, 0.05) is 33.7 Å². The standard InChI is InChI=1S/C34H22N4/c1-2-8-23(9-3-1)29-19-17-24-15-16-25-18-20-30(38-34(25)33(24)37-29)27-11-6-10-26(22-27)28-13-7-14-32(36-28)31-12-4-5-21-35-31/h1-22H. The summed E-state index contributed by atoms with van der Waals surface area (Å²) < 4.78 is 0. The quantitative estimate of drug-likeness (QED) is 0.235. The maximum atomic E-state index is 5.12. The van der Waals surface area contributed by atoms with Crippen molar-refractivity contribution in [3.63, 3.8) is 0 Å². The maximum Gasteiger partial charge on any atom is 0.0972 e. The number of aromatic nitrogens is 4. The van der Waals surface area contributed by atoms with Gasteiger partial charge in [-0.25, -0.2) is 15.0 Å². The van der Waals surface area contributed by atoms with Crippen LogP contribution in [0.4, 0.5) is 0 Å². The lowest BCUT2D eigenvalue weighted by Gasteiger charge is -2.09. The Morgan fingerprint density at radius 1 is 0.342 bits per heavy atom. The van der Waals surface area contributed by atoms with Crippen LogP contribution in [0.2, 0.25) is 0 Å². The number of hydrogen-bond acceptors (Lipinski definition) is 4. The number of pyridine rings is 4. The molecule has 0 spiro atoms. The zero-order chi connectivity index (χ0) is 25.3. The summed E-state index contributed by atoms with van der Waals surface area (Å²) in [5.41, 5.74) is 9.42. The molecular weight excluding hydrogens is 464 g/mol. The summed E-state index contributed by atoms with van der Waals surface area (Å²) in [5, 5.41) is 2.14. The predicted molar refractivity (Wildman–Crippen MR) is 154 cm³/mol. The summed E-state index contributed by atoms with van der Waals surface area (Å²) in [6, 6.07) is 43.2. The van der Waals surface area contributed by atoms with Crippen LogP contribution in [0.15, 0.2) is 134 Å². The Bertz CT molecular complexity index is 1920. The summed E-state index contributed by atoms with van der Waals surface area (Å²) in [5.74, 6) is 0. The molecule has 7 aromatic rings. The molecule has 0 radical (unpaired) electrons. The van der Waals surface area contributed by atoms with Crippen molar-refractivity contribution in [1.29, 1.82) is 0 Å². The molecule has 0 aliphatic carbocycles. The van der Waals surface area contributed by atoms with E-state index in [9.17, 15) is 0 Å². The van der Waals surface area contributed by atoms with Gasteiger partial charge in [-0.3, -0.25) is 4.98 Å². The molecule has 4 aromatic heterocycles. The van der Waals surface area contributed by atoms with E-state index in [1.807, 2.05) is 54.6 Å². The van der Waals surface area contributed by atoms with Crippen molar-refractivity contribution in [2.75, 3.05) is 0 Å². The van der Waals surface area contributed by atoms with Crippen LogP contribution in [0.5, 0.6) is 0 Å². The minimum Gasteiger partial charge on any atom is -0.255 e. The van der Waals surface area contributed by atoms with E-state index in [0.29, 0.717) is 0 Å². The second kappa shape index (κ2) is 9.34. The Labute approximate surface area is 220 Å². The highest BCUT2D eigenvalue weighted by Crippen LogP contribution is 2.30. The summed E-state index contributed by atoms with van der Waals surface area (Å²) >= 11 is 0. The lowest BCUT2D eigenvalue weighted by atomic mass is 10.0. The first-order valence-corrected chi connectivity index (χ1v) is 12.6. The molecule has 0 saturated heterocycles. The smallest absolute Gasteiger partial charge is 0.0972 e. The fourth-order valence-electron chi connectivity index (χ4n) is 4.79. The Morgan fingerprint density at radius 2 is 0.868 bits per heavy atom. The van der Waals surface area contributed by atoms with Crippen molar-refractivity contribution in [1.82, 2.24) is 19.9 Å². The summed E-state index contributed by atoms with van der Waals surface area (Å²) in [7, 11) is 0. The van der Waals surface area contributed by atoms with Gasteiger partial charge < -0.3 is 0 Å². The summed E-state index contributed by atoms with van der Waals surface area (Å²) in [6.07, 6.45) is 1.79. The second-order valence-corrected chi connectivity index (χ2v) is 9.17. The fourth-order valence-corrected chi connectivity index (χ4v) is 4.79. The number of fused-ring (bicyclic) bond motifs is 3. The Hall–Kier alpha value is -5.22. The minimum atomic E-state index is 0.851. The second-order valence-electron chi connectivity index (χ2n) is 9.17. The Balaban J connectivity index is 1.32. The third kappa shape index (κ3) is 4.08. The van der Waals surface area contributed by atoms with Crippen molar-refractivity contribution in [2.24, 2.45) is 0 Å². The van der Waals surface area contributed by atoms with Crippen molar-refractivity contribution < 1.29 is 0 Å².